The Balaban J connectivity index is 1.80. The van der Waals surface area contributed by atoms with Gasteiger partial charge in [-0.1, -0.05) is 19.8 Å². The SMILES string of the molecule is CC1CCCCC1NC(=O)C1CCOCC1. The van der Waals surface area contributed by atoms with Gasteiger partial charge in [-0.3, -0.25) is 4.79 Å². The van der Waals surface area contributed by atoms with Crippen LogP contribution < -0.4 is 5.32 Å². The van der Waals surface area contributed by atoms with Gasteiger partial charge in [-0.15, -0.1) is 0 Å². The van der Waals surface area contributed by atoms with E-state index in [0.717, 1.165) is 32.5 Å². The van der Waals surface area contributed by atoms with Crippen LogP contribution in [-0.2, 0) is 9.53 Å². The molecule has 0 bridgehead atoms. The van der Waals surface area contributed by atoms with E-state index in [1.165, 1.54) is 19.3 Å². The molecule has 0 aromatic carbocycles. The van der Waals surface area contributed by atoms with Crippen molar-refractivity contribution in [2.24, 2.45) is 11.8 Å². The van der Waals surface area contributed by atoms with E-state index in [0.29, 0.717) is 12.0 Å². The fourth-order valence-electron chi connectivity index (χ4n) is 2.79. The van der Waals surface area contributed by atoms with Gasteiger partial charge in [-0.25, -0.2) is 0 Å². The molecule has 16 heavy (non-hydrogen) atoms. The van der Waals surface area contributed by atoms with Crippen molar-refractivity contribution in [2.45, 2.75) is 51.5 Å². The molecule has 1 saturated carbocycles. The van der Waals surface area contributed by atoms with Gasteiger partial charge in [0.1, 0.15) is 0 Å². The average Bonchev–Trinajstić information content (AvgIpc) is 2.33. The summed E-state index contributed by atoms with van der Waals surface area (Å²) in [6.07, 6.45) is 6.81. The highest BCUT2D eigenvalue weighted by Gasteiger charge is 2.27. The summed E-state index contributed by atoms with van der Waals surface area (Å²) in [6.45, 7) is 3.75. The summed E-state index contributed by atoms with van der Waals surface area (Å²) in [6, 6.07) is 0.420. The third-order valence-corrected chi connectivity index (χ3v) is 4.03. The van der Waals surface area contributed by atoms with Crippen molar-refractivity contribution < 1.29 is 9.53 Å². The lowest BCUT2D eigenvalue weighted by molar-refractivity contribution is -0.129. The molecule has 2 unspecified atom stereocenters. The van der Waals surface area contributed by atoms with Crippen molar-refractivity contribution >= 4 is 5.91 Å². The van der Waals surface area contributed by atoms with Gasteiger partial charge in [0, 0.05) is 25.2 Å². The summed E-state index contributed by atoms with van der Waals surface area (Å²) in [5, 5.41) is 3.24. The number of carbonyl (C=O) groups is 1. The third-order valence-electron chi connectivity index (χ3n) is 4.03. The quantitative estimate of drug-likeness (QED) is 0.781. The lowest BCUT2D eigenvalue weighted by Gasteiger charge is -2.31. The first kappa shape index (κ1) is 11.9. The average molecular weight is 225 g/mol. The molecule has 3 heteroatoms. The summed E-state index contributed by atoms with van der Waals surface area (Å²) in [4.78, 5) is 12.0. The second kappa shape index (κ2) is 5.67. The number of carbonyl (C=O) groups excluding carboxylic acids is 1. The molecule has 0 spiro atoms. The first-order valence-electron chi connectivity index (χ1n) is 6.65. The summed E-state index contributed by atoms with van der Waals surface area (Å²) in [5.74, 6) is 1.11. The Labute approximate surface area is 97.9 Å². The molecule has 1 aliphatic heterocycles. The van der Waals surface area contributed by atoms with Gasteiger partial charge >= 0.3 is 0 Å². The predicted octanol–water partition coefficient (Wildman–Crippen LogP) is 2.11. The predicted molar refractivity (Wildman–Crippen MR) is 63.1 cm³/mol. The molecular weight excluding hydrogens is 202 g/mol. The van der Waals surface area contributed by atoms with Crippen molar-refractivity contribution in [3.63, 3.8) is 0 Å². The Morgan fingerprint density at radius 1 is 1.12 bits per heavy atom. The van der Waals surface area contributed by atoms with Crippen LogP contribution in [0.4, 0.5) is 0 Å². The number of hydrogen-bond acceptors (Lipinski definition) is 2. The molecule has 1 saturated heterocycles. The highest BCUT2D eigenvalue weighted by Crippen LogP contribution is 2.24. The maximum atomic E-state index is 12.0. The molecule has 2 atom stereocenters. The fourth-order valence-corrected chi connectivity index (χ4v) is 2.79. The van der Waals surface area contributed by atoms with Crippen molar-refractivity contribution in [1.82, 2.24) is 5.32 Å². The molecule has 0 aromatic rings. The topological polar surface area (TPSA) is 38.3 Å². The summed E-state index contributed by atoms with van der Waals surface area (Å²) in [5.41, 5.74) is 0. The summed E-state index contributed by atoms with van der Waals surface area (Å²) >= 11 is 0. The largest absolute Gasteiger partial charge is 0.381 e. The van der Waals surface area contributed by atoms with E-state index < -0.39 is 0 Å². The Hall–Kier alpha value is -0.570. The van der Waals surface area contributed by atoms with Crippen LogP contribution in [0, 0.1) is 11.8 Å². The van der Waals surface area contributed by atoms with Crippen molar-refractivity contribution in [3.05, 3.63) is 0 Å². The van der Waals surface area contributed by atoms with Gasteiger partial charge < -0.3 is 10.1 Å². The van der Waals surface area contributed by atoms with E-state index in [-0.39, 0.29) is 11.8 Å². The lowest BCUT2D eigenvalue weighted by Crippen LogP contribution is -2.44. The molecule has 2 aliphatic rings. The van der Waals surface area contributed by atoms with E-state index in [4.69, 9.17) is 4.74 Å². The van der Waals surface area contributed by atoms with Crippen LogP contribution in [0.25, 0.3) is 0 Å². The molecule has 1 heterocycles. The fraction of sp³-hybridized carbons (Fsp3) is 0.923. The first-order chi connectivity index (χ1) is 7.77. The van der Waals surface area contributed by atoms with Gasteiger partial charge in [0.15, 0.2) is 0 Å². The van der Waals surface area contributed by atoms with E-state index in [2.05, 4.69) is 12.2 Å². The molecule has 1 amide bonds. The second-order valence-corrected chi connectivity index (χ2v) is 5.26. The van der Waals surface area contributed by atoms with Gasteiger partial charge in [-0.2, -0.15) is 0 Å². The Morgan fingerprint density at radius 3 is 2.50 bits per heavy atom. The van der Waals surface area contributed by atoms with Crippen LogP contribution in [-0.4, -0.2) is 25.2 Å². The highest BCUT2D eigenvalue weighted by molar-refractivity contribution is 5.79. The Kier molecular flexibility index (Phi) is 4.22. The Bertz CT molecular complexity index is 236. The molecule has 0 aromatic heterocycles. The maximum absolute atomic E-state index is 12.0. The number of rotatable bonds is 2. The molecule has 92 valence electrons. The molecular formula is C13H23NO2. The molecule has 1 aliphatic carbocycles. The highest BCUT2D eigenvalue weighted by atomic mass is 16.5. The van der Waals surface area contributed by atoms with Crippen molar-refractivity contribution in [1.29, 1.82) is 0 Å². The van der Waals surface area contributed by atoms with Crippen LogP contribution in [0.5, 0.6) is 0 Å². The van der Waals surface area contributed by atoms with E-state index in [1.807, 2.05) is 0 Å². The minimum Gasteiger partial charge on any atom is -0.381 e. The van der Waals surface area contributed by atoms with Crippen LogP contribution in [0.3, 0.4) is 0 Å². The smallest absolute Gasteiger partial charge is 0.223 e. The monoisotopic (exact) mass is 225 g/mol. The zero-order chi connectivity index (χ0) is 11.4. The second-order valence-electron chi connectivity index (χ2n) is 5.26. The summed E-state index contributed by atoms with van der Waals surface area (Å²) in [7, 11) is 0. The number of ether oxygens (including phenoxy) is 1. The van der Waals surface area contributed by atoms with Gasteiger partial charge in [0.05, 0.1) is 0 Å². The minimum atomic E-state index is 0.197. The standard InChI is InChI=1S/C13H23NO2/c1-10-4-2-3-5-12(10)14-13(15)11-6-8-16-9-7-11/h10-12H,2-9H2,1H3,(H,14,15). The molecule has 3 nitrogen and oxygen atoms in total. The van der Waals surface area contributed by atoms with Crippen LogP contribution in [0.1, 0.15) is 45.4 Å². The molecule has 1 N–H and O–H groups in total. The summed E-state index contributed by atoms with van der Waals surface area (Å²) < 4.78 is 5.28. The van der Waals surface area contributed by atoms with Crippen molar-refractivity contribution in [2.75, 3.05) is 13.2 Å². The Morgan fingerprint density at radius 2 is 1.81 bits per heavy atom. The first-order valence-corrected chi connectivity index (χ1v) is 6.65. The number of hydrogen-bond donors (Lipinski definition) is 1. The van der Waals surface area contributed by atoms with Gasteiger partial charge in [0.2, 0.25) is 5.91 Å². The zero-order valence-electron chi connectivity index (χ0n) is 10.2. The van der Waals surface area contributed by atoms with Crippen LogP contribution >= 0.6 is 0 Å². The van der Waals surface area contributed by atoms with E-state index >= 15 is 0 Å². The molecule has 0 radical (unpaired) electrons. The van der Waals surface area contributed by atoms with E-state index in [9.17, 15) is 4.79 Å². The van der Waals surface area contributed by atoms with E-state index in [1.54, 1.807) is 0 Å². The molecule has 2 fully saturated rings. The van der Waals surface area contributed by atoms with Crippen LogP contribution in [0.2, 0.25) is 0 Å². The number of amides is 1. The van der Waals surface area contributed by atoms with Gasteiger partial charge in [-0.05, 0) is 31.6 Å². The van der Waals surface area contributed by atoms with Crippen LogP contribution in [0.15, 0.2) is 0 Å². The normalized spacial score (nSPS) is 32.3. The minimum absolute atomic E-state index is 0.197. The molecule has 2 rings (SSSR count). The maximum Gasteiger partial charge on any atom is 0.223 e. The zero-order valence-corrected chi connectivity index (χ0v) is 10.2. The van der Waals surface area contributed by atoms with Crippen molar-refractivity contribution in [3.8, 4) is 0 Å². The lowest BCUT2D eigenvalue weighted by atomic mass is 9.85. The third kappa shape index (κ3) is 2.97. The van der Waals surface area contributed by atoms with Gasteiger partial charge in [0.25, 0.3) is 0 Å². The number of nitrogens with one attached hydrogen (secondary N) is 1.